The highest BCUT2D eigenvalue weighted by Gasteiger charge is 2.35. The number of halogens is 3. The van der Waals surface area contributed by atoms with E-state index in [2.05, 4.69) is 9.57 Å². The second-order valence-electron chi connectivity index (χ2n) is 3.39. The van der Waals surface area contributed by atoms with E-state index in [0.717, 1.165) is 19.1 Å². The first kappa shape index (κ1) is 15.0. The second kappa shape index (κ2) is 5.70. The molecule has 1 amide bonds. The number of hydroxylamine groups is 1. The summed E-state index contributed by atoms with van der Waals surface area (Å²) in [6, 6.07) is 4.71. The molecular formula is C11H10F3NO4. The van der Waals surface area contributed by atoms with Gasteiger partial charge < -0.3 is 4.74 Å². The third-order valence-electron chi connectivity index (χ3n) is 2.00. The van der Waals surface area contributed by atoms with Gasteiger partial charge in [-0.1, -0.05) is 0 Å². The van der Waals surface area contributed by atoms with Crippen molar-refractivity contribution in [3.05, 3.63) is 29.8 Å². The Hall–Kier alpha value is -2.09. The van der Waals surface area contributed by atoms with E-state index in [1.54, 1.807) is 0 Å². The van der Waals surface area contributed by atoms with E-state index >= 15 is 0 Å². The number of rotatable bonds is 3. The molecule has 0 radical (unpaired) electrons. The predicted octanol–water partition coefficient (Wildman–Crippen LogP) is 2.28. The normalized spacial score (nSPS) is 11.0. The monoisotopic (exact) mass is 277 g/mol. The first-order chi connectivity index (χ1) is 8.74. The van der Waals surface area contributed by atoms with Gasteiger partial charge in [0.15, 0.2) is 0 Å². The van der Waals surface area contributed by atoms with Crippen LogP contribution in [0.15, 0.2) is 24.3 Å². The van der Waals surface area contributed by atoms with E-state index < -0.39 is 18.2 Å². The third-order valence-corrected chi connectivity index (χ3v) is 2.00. The summed E-state index contributed by atoms with van der Waals surface area (Å²) in [5.74, 6) is -1.60. The molecule has 0 unspecified atom stereocenters. The fraction of sp³-hybridized carbons (Fsp3) is 0.273. The van der Waals surface area contributed by atoms with Gasteiger partial charge in [0.2, 0.25) is 5.91 Å². The van der Waals surface area contributed by atoms with Crippen molar-refractivity contribution in [2.45, 2.75) is 13.3 Å². The molecular weight excluding hydrogens is 267 g/mol. The molecule has 0 aliphatic rings. The standard InChI is InChI=1S/C11H10F3NO4/c1-7(16)15(19-11(12,13)14)9-5-3-8(4-6-9)10(17)18-2/h3-6H,1-2H3. The van der Waals surface area contributed by atoms with Gasteiger partial charge in [-0.3, -0.25) is 4.79 Å². The lowest BCUT2D eigenvalue weighted by Gasteiger charge is -2.21. The molecule has 0 saturated heterocycles. The Balaban J connectivity index is 2.98. The summed E-state index contributed by atoms with van der Waals surface area (Å²) >= 11 is 0. The molecule has 5 nitrogen and oxygen atoms in total. The molecule has 8 heteroatoms. The van der Waals surface area contributed by atoms with Crippen LogP contribution < -0.4 is 5.06 Å². The summed E-state index contributed by atoms with van der Waals surface area (Å²) in [4.78, 5) is 25.8. The van der Waals surface area contributed by atoms with E-state index in [-0.39, 0.29) is 16.3 Å². The van der Waals surface area contributed by atoms with Crippen molar-refractivity contribution in [3.63, 3.8) is 0 Å². The number of alkyl halides is 3. The number of esters is 1. The quantitative estimate of drug-likeness (QED) is 0.628. The molecule has 1 rings (SSSR count). The number of benzene rings is 1. The van der Waals surface area contributed by atoms with Crippen molar-refractivity contribution in [3.8, 4) is 0 Å². The van der Waals surface area contributed by atoms with Crippen molar-refractivity contribution in [1.29, 1.82) is 0 Å². The van der Waals surface area contributed by atoms with E-state index in [1.807, 2.05) is 0 Å². The number of carbonyl (C=O) groups is 2. The van der Waals surface area contributed by atoms with Crippen molar-refractivity contribution in [1.82, 2.24) is 0 Å². The Labute approximate surface area is 106 Å². The molecule has 0 N–H and O–H groups in total. The van der Waals surface area contributed by atoms with E-state index in [1.165, 1.54) is 19.2 Å². The first-order valence-corrected chi connectivity index (χ1v) is 4.99. The molecule has 0 spiro atoms. The summed E-state index contributed by atoms with van der Waals surface area (Å²) in [6.45, 7) is 0.917. The molecule has 1 aromatic carbocycles. The van der Waals surface area contributed by atoms with Crippen LogP contribution in [0.1, 0.15) is 17.3 Å². The maximum Gasteiger partial charge on any atom is 0.544 e. The van der Waals surface area contributed by atoms with Crippen LogP contribution in [-0.4, -0.2) is 25.3 Å². The number of ether oxygens (including phenoxy) is 1. The van der Waals surface area contributed by atoms with Crippen LogP contribution in [0.25, 0.3) is 0 Å². The lowest BCUT2D eigenvalue weighted by molar-refractivity contribution is -0.327. The Kier molecular flexibility index (Phi) is 4.49. The zero-order valence-electron chi connectivity index (χ0n) is 10.0. The highest BCUT2D eigenvalue weighted by Crippen LogP contribution is 2.24. The smallest absolute Gasteiger partial charge is 0.465 e. The number of methoxy groups -OCH3 is 1. The predicted molar refractivity (Wildman–Crippen MR) is 58.1 cm³/mol. The van der Waals surface area contributed by atoms with Crippen LogP contribution >= 0.6 is 0 Å². The zero-order chi connectivity index (χ0) is 14.6. The van der Waals surface area contributed by atoms with Gasteiger partial charge in [-0.05, 0) is 24.3 Å². The Morgan fingerprint density at radius 1 is 1.16 bits per heavy atom. The fourth-order valence-corrected chi connectivity index (χ4v) is 1.25. The maximum atomic E-state index is 12.1. The highest BCUT2D eigenvalue weighted by molar-refractivity contribution is 5.92. The third kappa shape index (κ3) is 4.25. The van der Waals surface area contributed by atoms with Gasteiger partial charge in [0, 0.05) is 6.92 Å². The molecule has 0 aliphatic heterocycles. The molecule has 0 saturated carbocycles. The summed E-state index contributed by atoms with van der Waals surface area (Å²) < 4.78 is 40.8. The number of hydrogen-bond acceptors (Lipinski definition) is 4. The summed E-state index contributed by atoms with van der Waals surface area (Å²) in [6.07, 6.45) is -4.99. The summed E-state index contributed by atoms with van der Waals surface area (Å²) in [5, 5.41) is 0.0844. The average molecular weight is 277 g/mol. The van der Waals surface area contributed by atoms with Crippen LogP contribution in [0.4, 0.5) is 18.9 Å². The van der Waals surface area contributed by atoms with Crippen molar-refractivity contribution in [2.75, 3.05) is 12.2 Å². The van der Waals surface area contributed by atoms with Crippen LogP contribution in [0, 0.1) is 0 Å². The van der Waals surface area contributed by atoms with Gasteiger partial charge >= 0.3 is 12.3 Å². The number of anilines is 1. The van der Waals surface area contributed by atoms with Gasteiger partial charge in [0.05, 0.1) is 18.4 Å². The molecule has 0 heterocycles. The number of amides is 1. The fourth-order valence-electron chi connectivity index (χ4n) is 1.25. The molecule has 0 aliphatic carbocycles. The van der Waals surface area contributed by atoms with Crippen LogP contribution in [0.3, 0.4) is 0 Å². The zero-order valence-corrected chi connectivity index (χ0v) is 10.0. The lowest BCUT2D eigenvalue weighted by atomic mass is 10.2. The molecule has 0 atom stereocenters. The topological polar surface area (TPSA) is 55.8 Å². The van der Waals surface area contributed by atoms with Crippen LogP contribution in [0.5, 0.6) is 0 Å². The van der Waals surface area contributed by atoms with Crippen LogP contribution in [-0.2, 0) is 14.4 Å². The number of carbonyl (C=O) groups excluding carboxylic acids is 2. The molecule has 104 valence electrons. The summed E-state index contributed by atoms with van der Waals surface area (Å²) in [7, 11) is 1.17. The van der Waals surface area contributed by atoms with Gasteiger partial charge in [-0.2, -0.15) is 9.90 Å². The van der Waals surface area contributed by atoms with Gasteiger partial charge in [0.1, 0.15) is 0 Å². The lowest BCUT2D eigenvalue weighted by Crippen LogP contribution is -2.35. The molecule has 0 fully saturated rings. The van der Waals surface area contributed by atoms with E-state index in [9.17, 15) is 22.8 Å². The highest BCUT2D eigenvalue weighted by atomic mass is 19.4. The maximum absolute atomic E-state index is 12.1. The number of nitrogens with zero attached hydrogens (tertiary/aromatic N) is 1. The van der Waals surface area contributed by atoms with E-state index in [0.29, 0.717) is 0 Å². The molecule has 19 heavy (non-hydrogen) atoms. The minimum absolute atomic E-state index is 0.0844. The number of hydrogen-bond donors (Lipinski definition) is 0. The Morgan fingerprint density at radius 3 is 2.05 bits per heavy atom. The van der Waals surface area contributed by atoms with Crippen molar-refractivity contribution < 1.29 is 32.3 Å². The average Bonchev–Trinajstić information content (AvgIpc) is 2.34. The molecule has 1 aromatic rings. The van der Waals surface area contributed by atoms with Crippen molar-refractivity contribution >= 4 is 17.6 Å². The largest absolute Gasteiger partial charge is 0.544 e. The Morgan fingerprint density at radius 2 is 1.68 bits per heavy atom. The SMILES string of the molecule is COC(=O)c1ccc(N(OC(F)(F)F)C(C)=O)cc1. The van der Waals surface area contributed by atoms with Gasteiger partial charge in [-0.15, -0.1) is 13.2 Å². The van der Waals surface area contributed by atoms with Gasteiger partial charge in [-0.25, -0.2) is 4.79 Å². The first-order valence-electron chi connectivity index (χ1n) is 4.99. The van der Waals surface area contributed by atoms with Crippen molar-refractivity contribution in [2.24, 2.45) is 0 Å². The van der Waals surface area contributed by atoms with Gasteiger partial charge in [0.25, 0.3) is 0 Å². The molecule has 0 aromatic heterocycles. The second-order valence-corrected chi connectivity index (χ2v) is 3.39. The molecule has 0 bridgehead atoms. The minimum atomic E-state index is -4.99. The Bertz CT molecular complexity index is 470. The minimum Gasteiger partial charge on any atom is -0.465 e. The summed E-state index contributed by atoms with van der Waals surface area (Å²) in [5.41, 5.74) is -0.0146. The van der Waals surface area contributed by atoms with Crippen LogP contribution in [0.2, 0.25) is 0 Å². The van der Waals surface area contributed by atoms with E-state index in [4.69, 9.17) is 0 Å².